The van der Waals surface area contributed by atoms with Gasteiger partial charge in [0.1, 0.15) is 5.60 Å². The lowest BCUT2D eigenvalue weighted by molar-refractivity contribution is 0.0465. The van der Waals surface area contributed by atoms with Crippen LogP contribution in [0.1, 0.15) is 41.0 Å². The van der Waals surface area contributed by atoms with Crippen molar-refractivity contribution in [1.29, 1.82) is 0 Å². The highest BCUT2D eigenvalue weighted by molar-refractivity contribution is 5.67. The van der Waals surface area contributed by atoms with E-state index in [2.05, 4.69) is 12.2 Å². The SMILES string of the molecule is CC1CC(CNC(=O)OC(C)(C)C)C(C)O1. The Kier molecular flexibility index (Phi) is 4.19. The molecule has 0 saturated carbocycles. The van der Waals surface area contributed by atoms with Crippen molar-refractivity contribution in [2.45, 2.75) is 58.8 Å². The van der Waals surface area contributed by atoms with E-state index in [4.69, 9.17) is 9.47 Å². The van der Waals surface area contributed by atoms with Crippen LogP contribution in [-0.2, 0) is 9.47 Å². The van der Waals surface area contributed by atoms with E-state index in [-0.39, 0.29) is 12.2 Å². The van der Waals surface area contributed by atoms with Crippen molar-refractivity contribution in [1.82, 2.24) is 5.32 Å². The number of rotatable bonds is 2. The Morgan fingerprint density at radius 1 is 1.44 bits per heavy atom. The van der Waals surface area contributed by atoms with Gasteiger partial charge in [0, 0.05) is 12.5 Å². The molecule has 0 aliphatic carbocycles. The Morgan fingerprint density at radius 3 is 2.50 bits per heavy atom. The highest BCUT2D eigenvalue weighted by atomic mass is 16.6. The first kappa shape index (κ1) is 13.3. The molecule has 94 valence electrons. The van der Waals surface area contributed by atoms with Crippen LogP contribution in [0.2, 0.25) is 0 Å². The molecule has 1 rings (SSSR count). The van der Waals surface area contributed by atoms with Crippen molar-refractivity contribution in [3.8, 4) is 0 Å². The molecule has 1 heterocycles. The first-order valence-corrected chi connectivity index (χ1v) is 5.90. The van der Waals surface area contributed by atoms with Gasteiger partial charge in [-0.25, -0.2) is 4.79 Å². The normalized spacial score (nSPS) is 30.2. The van der Waals surface area contributed by atoms with Gasteiger partial charge < -0.3 is 14.8 Å². The van der Waals surface area contributed by atoms with Crippen LogP contribution in [0.3, 0.4) is 0 Å². The largest absolute Gasteiger partial charge is 0.444 e. The van der Waals surface area contributed by atoms with Crippen molar-refractivity contribution in [3.05, 3.63) is 0 Å². The molecule has 0 aromatic heterocycles. The Bertz CT molecular complexity index is 247. The maximum Gasteiger partial charge on any atom is 0.407 e. The average molecular weight is 229 g/mol. The topological polar surface area (TPSA) is 47.6 Å². The van der Waals surface area contributed by atoms with Crippen molar-refractivity contribution in [3.63, 3.8) is 0 Å². The summed E-state index contributed by atoms with van der Waals surface area (Å²) in [7, 11) is 0. The van der Waals surface area contributed by atoms with E-state index in [0.717, 1.165) is 6.42 Å². The standard InChI is InChI=1S/C12H23NO3/c1-8-6-10(9(2)15-8)7-13-11(14)16-12(3,4)5/h8-10H,6-7H2,1-5H3,(H,13,14). The van der Waals surface area contributed by atoms with Crippen molar-refractivity contribution < 1.29 is 14.3 Å². The summed E-state index contributed by atoms with van der Waals surface area (Å²) in [5.41, 5.74) is -0.435. The molecule has 1 fully saturated rings. The van der Waals surface area contributed by atoms with Gasteiger partial charge in [-0.05, 0) is 41.0 Å². The fourth-order valence-electron chi connectivity index (χ4n) is 1.93. The molecule has 1 saturated heterocycles. The second-order valence-electron chi connectivity index (χ2n) is 5.53. The predicted octanol–water partition coefficient (Wildman–Crippen LogP) is 2.32. The molecule has 1 aliphatic heterocycles. The van der Waals surface area contributed by atoms with Crippen LogP contribution in [0, 0.1) is 5.92 Å². The Morgan fingerprint density at radius 2 is 2.06 bits per heavy atom. The van der Waals surface area contributed by atoms with Crippen LogP contribution in [0.25, 0.3) is 0 Å². The number of amides is 1. The average Bonchev–Trinajstić information content (AvgIpc) is 2.38. The zero-order chi connectivity index (χ0) is 12.3. The molecule has 1 N–H and O–H groups in total. The van der Waals surface area contributed by atoms with Crippen molar-refractivity contribution >= 4 is 6.09 Å². The van der Waals surface area contributed by atoms with E-state index in [9.17, 15) is 4.79 Å². The summed E-state index contributed by atoms with van der Waals surface area (Å²) in [6.45, 7) is 10.3. The number of nitrogens with one attached hydrogen (secondary N) is 1. The van der Waals surface area contributed by atoms with Gasteiger partial charge in [0.05, 0.1) is 12.2 Å². The van der Waals surface area contributed by atoms with Gasteiger partial charge in [-0.3, -0.25) is 0 Å². The number of hydrogen-bond donors (Lipinski definition) is 1. The lowest BCUT2D eigenvalue weighted by Crippen LogP contribution is -2.36. The second kappa shape index (κ2) is 5.04. The number of hydrogen-bond acceptors (Lipinski definition) is 3. The predicted molar refractivity (Wildman–Crippen MR) is 62.4 cm³/mol. The highest BCUT2D eigenvalue weighted by Crippen LogP contribution is 2.25. The van der Waals surface area contributed by atoms with E-state index >= 15 is 0 Å². The summed E-state index contributed by atoms with van der Waals surface area (Å²) in [5.74, 6) is 0.391. The number of ether oxygens (including phenoxy) is 2. The van der Waals surface area contributed by atoms with Crippen LogP contribution in [0.15, 0.2) is 0 Å². The van der Waals surface area contributed by atoms with Gasteiger partial charge in [-0.15, -0.1) is 0 Å². The van der Waals surface area contributed by atoms with Crippen LogP contribution >= 0.6 is 0 Å². The van der Waals surface area contributed by atoms with E-state index in [0.29, 0.717) is 18.6 Å². The minimum Gasteiger partial charge on any atom is -0.444 e. The molecule has 16 heavy (non-hydrogen) atoms. The molecule has 0 spiro atoms. The molecule has 0 radical (unpaired) electrons. The van der Waals surface area contributed by atoms with Gasteiger partial charge in [0.2, 0.25) is 0 Å². The number of alkyl carbamates (subject to hydrolysis) is 1. The second-order valence-corrected chi connectivity index (χ2v) is 5.53. The van der Waals surface area contributed by atoms with E-state index in [1.807, 2.05) is 27.7 Å². The maximum absolute atomic E-state index is 11.4. The fourth-order valence-corrected chi connectivity index (χ4v) is 1.93. The molecule has 1 amide bonds. The third-order valence-corrected chi connectivity index (χ3v) is 2.65. The fraction of sp³-hybridized carbons (Fsp3) is 0.917. The summed E-state index contributed by atoms with van der Waals surface area (Å²) in [4.78, 5) is 11.4. The molecule has 3 atom stereocenters. The van der Waals surface area contributed by atoms with Gasteiger partial charge in [-0.2, -0.15) is 0 Å². The van der Waals surface area contributed by atoms with Crippen molar-refractivity contribution in [2.24, 2.45) is 5.92 Å². The molecular weight excluding hydrogens is 206 g/mol. The first-order valence-electron chi connectivity index (χ1n) is 5.90. The molecule has 4 heteroatoms. The highest BCUT2D eigenvalue weighted by Gasteiger charge is 2.30. The zero-order valence-electron chi connectivity index (χ0n) is 10.9. The third-order valence-electron chi connectivity index (χ3n) is 2.65. The Hall–Kier alpha value is -0.770. The summed E-state index contributed by atoms with van der Waals surface area (Å²) >= 11 is 0. The summed E-state index contributed by atoms with van der Waals surface area (Å²) in [6, 6.07) is 0. The van der Waals surface area contributed by atoms with Gasteiger partial charge in [0.25, 0.3) is 0 Å². The van der Waals surface area contributed by atoms with Crippen molar-refractivity contribution in [2.75, 3.05) is 6.54 Å². The molecule has 1 aliphatic rings. The Labute approximate surface area is 97.7 Å². The lowest BCUT2D eigenvalue weighted by Gasteiger charge is -2.21. The van der Waals surface area contributed by atoms with E-state index in [1.54, 1.807) is 0 Å². The van der Waals surface area contributed by atoms with Crippen LogP contribution in [-0.4, -0.2) is 30.4 Å². The summed E-state index contributed by atoms with van der Waals surface area (Å²) in [5, 5.41) is 2.79. The van der Waals surface area contributed by atoms with Crippen LogP contribution < -0.4 is 5.32 Å². The molecule has 4 nitrogen and oxygen atoms in total. The van der Waals surface area contributed by atoms with Crippen LogP contribution in [0.4, 0.5) is 4.79 Å². The van der Waals surface area contributed by atoms with Crippen LogP contribution in [0.5, 0.6) is 0 Å². The quantitative estimate of drug-likeness (QED) is 0.790. The smallest absolute Gasteiger partial charge is 0.407 e. The molecule has 0 aromatic carbocycles. The minimum absolute atomic E-state index is 0.213. The van der Waals surface area contributed by atoms with Gasteiger partial charge in [-0.1, -0.05) is 0 Å². The molecule has 0 bridgehead atoms. The monoisotopic (exact) mass is 229 g/mol. The third kappa shape index (κ3) is 4.39. The molecule has 3 unspecified atom stereocenters. The maximum atomic E-state index is 11.4. The lowest BCUT2D eigenvalue weighted by atomic mass is 10.0. The van der Waals surface area contributed by atoms with E-state index in [1.165, 1.54) is 0 Å². The molecule has 0 aromatic rings. The van der Waals surface area contributed by atoms with Gasteiger partial charge >= 0.3 is 6.09 Å². The van der Waals surface area contributed by atoms with Gasteiger partial charge in [0.15, 0.2) is 0 Å². The van der Waals surface area contributed by atoms with E-state index < -0.39 is 5.60 Å². The Balaban J connectivity index is 2.27. The zero-order valence-corrected chi connectivity index (χ0v) is 10.9. The number of carbonyl (C=O) groups is 1. The minimum atomic E-state index is -0.435. The number of carbonyl (C=O) groups excluding carboxylic acids is 1. The summed E-state index contributed by atoms with van der Waals surface area (Å²) in [6.07, 6.45) is 1.15. The molecular formula is C12H23NO3. The summed E-state index contributed by atoms with van der Waals surface area (Å²) < 4.78 is 10.8. The first-order chi connectivity index (χ1) is 7.28.